The fourth-order valence-electron chi connectivity index (χ4n) is 2.46. The van der Waals surface area contributed by atoms with Crippen LogP contribution in [-0.4, -0.2) is 54.9 Å². The Morgan fingerprint density at radius 2 is 1.95 bits per heavy atom. The maximum atomic E-state index is 10.1. The van der Waals surface area contributed by atoms with E-state index in [1.54, 1.807) is 18.2 Å². The van der Waals surface area contributed by atoms with Crippen molar-refractivity contribution in [2.45, 2.75) is 17.7 Å². The molecule has 0 saturated carbocycles. The third-order valence-electron chi connectivity index (χ3n) is 3.64. The zero-order chi connectivity index (χ0) is 14.0. The minimum absolute atomic E-state index is 0.218. The predicted molar refractivity (Wildman–Crippen MR) is 68.3 cm³/mol. The maximum absolute atomic E-state index is 10.1. The molecular formula is C13H19NO5. The lowest BCUT2D eigenvalue weighted by Crippen LogP contribution is -2.49. The molecule has 106 valence electrons. The van der Waals surface area contributed by atoms with Crippen molar-refractivity contribution in [2.24, 2.45) is 0 Å². The average Bonchev–Trinajstić information content (AvgIpc) is 2.75. The van der Waals surface area contributed by atoms with E-state index in [0.29, 0.717) is 17.1 Å². The summed E-state index contributed by atoms with van der Waals surface area (Å²) in [4.78, 5) is 0. The molecule has 6 nitrogen and oxygen atoms in total. The topological polar surface area (TPSA) is 91.2 Å². The molecule has 3 atom stereocenters. The Bertz CT molecular complexity index is 453. The maximum Gasteiger partial charge on any atom is 0.161 e. The van der Waals surface area contributed by atoms with Crippen LogP contribution in [0.1, 0.15) is 5.56 Å². The molecule has 0 aromatic heterocycles. The van der Waals surface area contributed by atoms with Crippen LogP contribution in [0, 0.1) is 0 Å². The molecule has 2 rings (SSSR count). The Hall–Kier alpha value is -1.34. The lowest BCUT2D eigenvalue weighted by atomic mass is 9.86. The molecule has 6 heteroatoms. The molecule has 0 aliphatic carbocycles. The first-order chi connectivity index (χ1) is 9.08. The number of β-amino-alcohol motifs (C(OH)–C–C–N with tert-alkyl or cyclic N) is 1. The van der Waals surface area contributed by atoms with Gasteiger partial charge in [0.2, 0.25) is 0 Å². The zero-order valence-electron chi connectivity index (χ0n) is 11.0. The molecule has 0 bridgehead atoms. The quantitative estimate of drug-likeness (QED) is 0.573. The third kappa shape index (κ3) is 2.17. The summed E-state index contributed by atoms with van der Waals surface area (Å²) in [6.45, 7) is -0.114. The van der Waals surface area contributed by atoms with Crippen LogP contribution in [0.5, 0.6) is 11.5 Å². The van der Waals surface area contributed by atoms with E-state index in [0.717, 1.165) is 0 Å². The Balaban J connectivity index is 2.45. The Morgan fingerprint density at radius 1 is 1.26 bits per heavy atom. The summed E-state index contributed by atoms with van der Waals surface area (Å²) in [6, 6.07) is 5.11. The smallest absolute Gasteiger partial charge is 0.161 e. The molecule has 19 heavy (non-hydrogen) atoms. The second-order valence-corrected chi connectivity index (χ2v) is 4.59. The van der Waals surface area contributed by atoms with Gasteiger partial charge in [-0.15, -0.1) is 0 Å². The number of methoxy groups -OCH3 is 2. The molecule has 0 spiro atoms. The van der Waals surface area contributed by atoms with Gasteiger partial charge in [-0.25, -0.2) is 0 Å². The van der Waals surface area contributed by atoms with Gasteiger partial charge in [-0.1, -0.05) is 6.07 Å². The molecule has 0 unspecified atom stereocenters. The third-order valence-corrected chi connectivity index (χ3v) is 3.64. The second kappa shape index (κ2) is 5.34. The van der Waals surface area contributed by atoms with Crippen molar-refractivity contribution in [3.05, 3.63) is 23.8 Å². The zero-order valence-corrected chi connectivity index (χ0v) is 11.0. The van der Waals surface area contributed by atoms with Crippen molar-refractivity contribution >= 4 is 0 Å². The monoisotopic (exact) mass is 269 g/mol. The van der Waals surface area contributed by atoms with Gasteiger partial charge in [-0.2, -0.15) is 0 Å². The van der Waals surface area contributed by atoms with Crippen molar-refractivity contribution in [3.63, 3.8) is 0 Å². The summed E-state index contributed by atoms with van der Waals surface area (Å²) < 4.78 is 10.4. The molecule has 1 saturated heterocycles. The van der Waals surface area contributed by atoms with E-state index >= 15 is 0 Å². The van der Waals surface area contributed by atoms with Crippen LogP contribution in [0.2, 0.25) is 0 Å². The standard InChI is InChI=1S/C13H19NO5/c1-18-10-4-3-8(5-11(10)19-2)13(7-15)12(17)9(16)6-14-13/h3-5,9,12,14-17H,6-7H2,1-2H3/t9-,12+,13+/m1/s1. The summed E-state index contributed by atoms with van der Waals surface area (Å²) in [5.41, 5.74) is -0.449. The second-order valence-electron chi connectivity index (χ2n) is 4.59. The van der Waals surface area contributed by atoms with Crippen molar-refractivity contribution in [2.75, 3.05) is 27.4 Å². The van der Waals surface area contributed by atoms with Gasteiger partial charge in [-0.3, -0.25) is 0 Å². The van der Waals surface area contributed by atoms with E-state index in [1.807, 2.05) is 0 Å². The molecule has 1 aliphatic heterocycles. The minimum atomic E-state index is -1.09. The highest BCUT2D eigenvalue weighted by Gasteiger charge is 2.48. The molecule has 1 aliphatic rings. The molecule has 0 radical (unpaired) electrons. The van der Waals surface area contributed by atoms with E-state index in [4.69, 9.17) is 9.47 Å². The summed E-state index contributed by atoms with van der Waals surface area (Å²) in [5, 5.41) is 32.4. The first kappa shape index (κ1) is 14.1. The molecule has 1 aromatic carbocycles. The van der Waals surface area contributed by atoms with Crippen LogP contribution in [0.15, 0.2) is 18.2 Å². The van der Waals surface area contributed by atoms with E-state index in [9.17, 15) is 15.3 Å². The highest BCUT2D eigenvalue weighted by atomic mass is 16.5. The number of hydrogen-bond acceptors (Lipinski definition) is 6. The van der Waals surface area contributed by atoms with Crippen LogP contribution in [0.3, 0.4) is 0 Å². The Morgan fingerprint density at radius 3 is 2.42 bits per heavy atom. The normalized spacial score (nSPS) is 30.4. The van der Waals surface area contributed by atoms with Crippen molar-refractivity contribution < 1.29 is 24.8 Å². The summed E-state index contributed by atoms with van der Waals surface area (Å²) >= 11 is 0. The highest BCUT2D eigenvalue weighted by Crippen LogP contribution is 2.36. The fourth-order valence-corrected chi connectivity index (χ4v) is 2.46. The van der Waals surface area contributed by atoms with Crippen molar-refractivity contribution in [3.8, 4) is 11.5 Å². The Labute approximate surface area is 111 Å². The first-order valence-corrected chi connectivity index (χ1v) is 6.03. The number of rotatable bonds is 4. The summed E-state index contributed by atoms with van der Waals surface area (Å²) in [7, 11) is 3.05. The molecule has 1 aromatic rings. The molecule has 1 fully saturated rings. The van der Waals surface area contributed by atoms with Gasteiger partial charge < -0.3 is 30.1 Å². The van der Waals surface area contributed by atoms with Crippen LogP contribution in [0.4, 0.5) is 0 Å². The lowest BCUT2D eigenvalue weighted by Gasteiger charge is -2.32. The van der Waals surface area contributed by atoms with Crippen LogP contribution in [0.25, 0.3) is 0 Å². The number of benzene rings is 1. The number of hydrogen-bond donors (Lipinski definition) is 4. The van der Waals surface area contributed by atoms with Crippen LogP contribution >= 0.6 is 0 Å². The highest BCUT2D eigenvalue weighted by molar-refractivity contribution is 5.46. The summed E-state index contributed by atoms with van der Waals surface area (Å²) in [6.07, 6.45) is -2.00. The SMILES string of the molecule is COc1ccc([C@]2(CO)NC[C@@H](O)[C@@H]2O)cc1OC. The summed E-state index contributed by atoms with van der Waals surface area (Å²) in [5.74, 6) is 1.07. The number of aliphatic hydroxyl groups is 3. The van der Waals surface area contributed by atoms with Crippen molar-refractivity contribution in [1.29, 1.82) is 0 Å². The van der Waals surface area contributed by atoms with Crippen LogP contribution in [-0.2, 0) is 5.54 Å². The van der Waals surface area contributed by atoms with Crippen LogP contribution < -0.4 is 14.8 Å². The van der Waals surface area contributed by atoms with Gasteiger partial charge in [0.1, 0.15) is 6.10 Å². The van der Waals surface area contributed by atoms with E-state index in [-0.39, 0.29) is 13.2 Å². The predicted octanol–water partition coefficient (Wildman–Crippen LogP) is -0.784. The van der Waals surface area contributed by atoms with Gasteiger partial charge in [0.05, 0.1) is 32.5 Å². The molecule has 4 N–H and O–H groups in total. The molecular weight excluding hydrogens is 250 g/mol. The minimum Gasteiger partial charge on any atom is -0.493 e. The van der Waals surface area contributed by atoms with E-state index < -0.39 is 17.7 Å². The number of aliphatic hydroxyl groups excluding tert-OH is 3. The number of nitrogens with one attached hydrogen (secondary N) is 1. The average molecular weight is 269 g/mol. The van der Waals surface area contributed by atoms with E-state index in [1.165, 1.54) is 14.2 Å². The first-order valence-electron chi connectivity index (χ1n) is 6.03. The molecule has 0 amide bonds. The Kier molecular flexibility index (Phi) is 3.96. The van der Waals surface area contributed by atoms with Gasteiger partial charge >= 0.3 is 0 Å². The van der Waals surface area contributed by atoms with Crippen molar-refractivity contribution in [1.82, 2.24) is 5.32 Å². The van der Waals surface area contributed by atoms with Gasteiger partial charge in [0.15, 0.2) is 11.5 Å². The number of ether oxygens (including phenoxy) is 2. The fraction of sp³-hybridized carbons (Fsp3) is 0.538. The lowest BCUT2D eigenvalue weighted by molar-refractivity contribution is -0.0111. The molecule has 1 heterocycles. The van der Waals surface area contributed by atoms with Gasteiger partial charge in [-0.05, 0) is 17.7 Å². The largest absolute Gasteiger partial charge is 0.493 e. The van der Waals surface area contributed by atoms with E-state index in [2.05, 4.69) is 5.32 Å². The van der Waals surface area contributed by atoms with Gasteiger partial charge in [0, 0.05) is 6.54 Å². The van der Waals surface area contributed by atoms with Gasteiger partial charge in [0.25, 0.3) is 0 Å².